The molecule has 7 heteroatoms. The molecule has 7 nitrogen and oxygen atoms in total. The van der Waals surface area contributed by atoms with E-state index in [9.17, 15) is 9.59 Å². The Morgan fingerprint density at radius 1 is 1.14 bits per heavy atom. The van der Waals surface area contributed by atoms with E-state index in [1.54, 1.807) is 55.5 Å². The summed E-state index contributed by atoms with van der Waals surface area (Å²) >= 11 is 0. The molecule has 2 aromatic carbocycles. The van der Waals surface area contributed by atoms with E-state index in [2.05, 4.69) is 10.5 Å². The molecule has 28 heavy (non-hydrogen) atoms. The third kappa shape index (κ3) is 4.56. The molecule has 1 heterocycles. The predicted octanol–water partition coefficient (Wildman–Crippen LogP) is 3.75. The number of amides is 1. The van der Waals surface area contributed by atoms with E-state index in [1.807, 2.05) is 6.92 Å². The lowest BCUT2D eigenvalue weighted by Gasteiger charge is -2.12. The molecule has 1 aromatic heterocycles. The number of aromatic nitrogens is 1. The first-order valence-corrected chi connectivity index (χ1v) is 8.69. The summed E-state index contributed by atoms with van der Waals surface area (Å²) in [6, 6.07) is 13.7. The first-order valence-electron chi connectivity index (χ1n) is 8.69. The number of carbonyl (C=O) groups is 2. The third-order valence-corrected chi connectivity index (χ3v) is 4.23. The van der Waals surface area contributed by atoms with Gasteiger partial charge in [0.1, 0.15) is 18.1 Å². The number of ether oxygens (including phenoxy) is 1. The first kappa shape index (κ1) is 19.2. The van der Waals surface area contributed by atoms with Crippen LogP contribution in [0.1, 0.15) is 32.9 Å². The summed E-state index contributed by atoms with van der Waals surface area (Å²) in [5, 5.41) is 15.6. The Morgan fingerprint density at radius 2 is 1.93 bits per heavy atom. The Kier molecular flexibility index (Phi) is 5.74. The molecule has 0 saturated heterocycles. The van der Waals surface area contributed by atoms with Crippen molar-refractivity contribution in [2.24, 2.45) is 0 Å². The van der Waals surface area contributed by atoms with Gasteiger partial charge in [0.05, 0.1) is 23.2 Å². The van der Waals surface area contributed by atoms with Gasteiger partial charge in [-0.25, -0.2) is 0 Å². The second-order valence-corrected chi connectivity index (χ2v) is 6.31. The number of carboxylic acids is 1. The van der Waals surface area contributed by atoms with Gasteiger partial charge in [-0.15, -0.1) is 0 Å². The summed E-state index contributed by atoms with van der Waals surface area (Å²) in [5.74, 6) is -0.167. The Bertz CT molecular complexity index is 990. The van der Waals surface area contributed by atoms with Crippen LogP contribution in [0.15, 0.2) is 53.1 Å². The number of benzene rings is 2. The van der Waals surface area contributed by atoms with Crippen LogP contribution >= 0.6 is 0 Å². The third-order valence-electron chi connectivity index (χ3n) is 4.23. The SMILES string of the molecule is Cc1noc(C)c1COc1ccccc1C(=O)Nc1cccc(CC(=O)O)c1. The van der Waals surface area contributed by atoms with E-state index in [-0.39, 0.29) is 18.9 Å². The molecule has 3 rings (SSSR count). The molecule has 144 valence electrons. The second kappa shape index (κ2) is 8.39. The Balaban J connectivity index is 1.75. The standard InChI is InChI=1S/C21H20N2O5/c1-13-18(14(2)28-23-13)12-27-19-9-4-3-8-17(19)21(26)22-16-7-5-6-15(10-16)11-20(24)25/h3-10H,11-12H2,1-2H3,(H,22,26)(H,24,25). The number of anilines is 1. The minimum atomic E-state index is -0.929. The van der Waals surface area contributed by atoms with Gasteiger partial charge in [0.25, 0.3) is 5.91 Å². The number of para-hydroxylation sites is 1. The normalized spacial score (nSPS) is 10.5. The van der Waals surface area contributed by atoms with Crippen molar-refractivity contribution in [3.63, 3.8) is 0 Å². The number of nitrogens with one attached hydrogen (secondary N) is 1. The van der Waals surface area contributed by atoms with Crippen LogP contribution in [0.25, 0.3) is 0 Å². The molecule has 0 fully saturated rings. The highest BCUT2D eigenvalue weighted by Crippen LogP contribution is 2.23. The molecule has 0 aliphatic carbocycles. The molecule has 0 radical (unpaired) electrons. The quantitative estimate of drug-likeness (QED) is 0.647. The zero-order valence-corrected chi connectivity index (χ0v) is 15.6. The van der Waals surface area contributed by atoms with Crippen LogP contribution in [-0.4, -0.2) is 22.1 Å². The maximum Gasteiger partial charge on any atom is 0.307 e. The van der Waals surface area contributed by atoms with Gasteiger partial charge in [0.15, 0.2) is 0 Å². The number of aliphatic carboxylic acids is 1. The first-order chi connectivity index (χ1) is 13.4. The van der Waals surface area contributed by atoms with Crippen molar-refractivity contribution in [1.82, 2.24) is 5.16 Å². The molecule has 3 aromatic rings. The predicted molar refractivity (Wildman–Crippen MR) is 102 cm³/mol. The Hall–Kier alpha value is -3.61. The van der Waals surface area contributed by atoms with Crippen molar-refractivity contribution in [3.8, 4) is 5.75 Å². The monoisotopic (exact) mass is 380 g/mol. The van der Waals surface area contributed by atoms with Crippen molar-refractivity contribution in [1.29, 1.82) is 0 Å². The number of rotatable bonds is 7. The molecule has 2 N–H and O–H groups in total. The van der Waals surface area contributed by atoms with Crippen molar-refractivity contribution in [2.45, 2.75) is 26.9 Å². The van der Waals surface area contributed by atoms with E-state index >= 15 is 0 Å². The smallest absolute Gasteiger partial charge is 0.307 e. The van der Waals surface area contributed by atoms with Crippen LogP contribution in [0, 0.1) is 13.8 Å². The van der Waals surface area contributed by atoms with Gasteiger partial charge < -0.3 is 19.7 Å². The number of aryl methyl sites for hydroxylation is 2. The minimum Gasteiger partial charge on any atom is -0.488 e. The summed E-state index contributed by atoms with van der Waals surface area (Å²) in [4.78, 5) is 23.6. The van der Waals surface area contributed by atoms with Gasteiger partial charge in [-0.1, -0.05) is 29.4 Å². The number of hydrogen-bond acceptors (Lipinski definition) is 5. The molecule has 0 bridgehead atoms. The molecular weight excluding hydrogens is 360 g/mol. The molecule has 0 atom stereocenters. The van der Waals surface area contributed by atoms with E-state index in [1.165, 1.54) is 0 Å². The van der Waals surface area contributed by atoms with E-state index in [0.29, 0.717) is 28.3 Å². The van der Waals surface area contributed by atoms with Crippen LogP contribution in [0.3, 0.4) is 0 Å². The number of nitrogens with zero attached hydrogens (tertiary/aromatic N) is 1. The van der Waals surface area contributed by atoms with E-state index < -0.39 is 5.97 Å². The molecule has 0 saturated carbocycles. The van der Waals surface area contributed by atoms with Crippen LogP contribution < -0.4 is 10.1 Å². The summed E-state index contributed by atoms with van der Waals surface area (Å²) in [5.41, 5.74) is 3.08. The average Bonchev–Trinajstić information content (AvgIpc) is 2.98. The maximum atomic E-state index is 12.7. The van der Waals surface area contributed by atoms with Gasteiger partial charge in [-0.2, -0.15) is 0 Å². The van der Waals surface area contributed by atoms with Gasteiger partial charge >= 0.3 is 5.97 Å². The van der Waals surface area contributed by atoms with Crippen molar-refractivity contribution >= 4 is 17.6 Å². The zero-order valence-electron chi connectivity index (χ0n) is 15.6. The topological polar surface area (TPSA) is 102 Å². The van der Waals surface area contributed by atoms with Crippen molar-refractivity contribution in [3.05, 3.63) is 76.7 Å². The van der Waals surface area contributed by atoms with E-state index in [4.69, 9.17) is 14.4 Å². The highest BCUT2D eigenvalue weighted by atomic mass is 16.5. The lowest BCUT2D eigenvalue weighted by atomic mass is 10.1. The van der Waals surface area contributed by atoms with Crippen LogP contribution in [0.4, 0.5) is 5.69 Å². The van der Waals surface area contributed by atoms with Gasteiger partial charge in [0, 0.05) is 5.69 Å². The van der Waals surface area contributed by atoms with E-state index in [0.717, 1.165) is 11.3 Å². The summed E-state index contributed by atoms with van der Waals surface area (Å²) < 4.78 is 11.0. The van der Waals surface area contributed by atoms with Crippen LogP contribution in [0.5, 0.6) is 5.75 Å². The fraction of sp³-hybridized carbons (Fsp3) is 0.190. The Morgan fingerprint density at radius 3 is 2.64 bits per heavy atom. The van der Waals surface area contributed by atoms with Crippen LogP contribution in [0.2, 0.25) is 0 Å². The summed E-state index contributed by atoms with van der Waals surface area (Å²) in [6.45, 7) is 3.87. The average molecular weight is 380 g/mol. The number of carboxylic acid groups (broad SMARTS) is 1. The van der Waals surface area contributed by atoms with Gasteiger partial charge in [-0.05, 0) is 43.7 Å². The Labute approximate surface area is 161 Å². The van der Waals surface area contributed by atoms with Gasteiger partial charge in [-0.3, -0.25) is 9.59 Å². The minimum absolute atomic E-state index is 0.110. The lowest BCUT2D eigenvalue weighted by Crippen LogP contribution is -2.14. The summed E-state index contributed by atoms with van der Waals surface area (Å²) in [6.07, 6.45) is -0.110. The fourth-order valence-corrected chi connectivity index (χ4v) is 2.77. The molecule has 0 aliphatic rings. The molecule has 0 aliphatic heterocycles. The largest absolute Gasteiger partial charge is 0.488 e. The lowest BCUT2D eigenvalue weighted by molar-refractivity contribution is -0.136. The summed E-state index contributed by atoms with van der Waals surface area (Å²) in [7, 11) is 0. The molecule has 0 unspecified atom stereocenters. The van der Waals surface area contributed by atoms with Crippen molar-refractivity contribution < 1.29 is 24.0 Å². The highest BCUT2D eigenvalue weighted by Gasteiger charge is 2.15. The van der Waals surface area contributed by atoms with Crippen LogP contribution in [-0.2, 0) is 17.8 Å². The highest BCUT2D eigenvalue weighted by molar-refractivity contribution is 6.06. The second-order valence-electron chi connectivity index (χ2n) is 6.31. The maximum absolute atomic E-state index is 12.7. The molecule has 1 amide bonds. The van der Waals surface area contributed by atoms with Crippen molar-refractivity contribution in [2.75, 3.05) is 5.32 Å². The van der Waals surface area contributed by atoms with Gasteiger partial charge in [0.2, 0.25) is 0 Å². The molecular formula is C21H20N2O5. The zero-order chi connectivity index (χ0) is 20.1. The molecule has 0 spiro atoms. The number of hydrogen-bond donors (Lipinski definition) is 2. The fourth-order valence-electron chi connectivity index (χ4n) is 2.77. The number of carbonyl (C=O) groups excluding carboxylic acids is 1.